The van der Waals surface area contributed by atoms with Crippen molar-refractivity contribution < 1.29 is 4.74 Å². The summed E-state index contributed by atoms with van der Waals surface area (Å²) in [5.41, 5.74) is 2.16. The summed E-state index contributed by atoms with van der Waals surface area (Å²) in [4.78, 5) is 0. The molecule has 0 atom stereocenters. The van der Waals surface area contributed by atoms with E-state index in [9.17, 15) is 0 Å². The van der Waals surface area contributed by atoms with E-state index in [2.05, 4.69) is 33.3 Å². The fraction of sp³-hybridized carbons (Fsp3) is 0.786. The van der Waals surface area contributed by atoms with Crippen molar-refractivity contribution in [3.63, 3.8) is 0 Å². The highest BCUT2D eigenvalue weighted by Crippen LogP contribution is 2.25. The van der Waals surface area contributed by atoms with E-state index in [4.69, 9.17) is 4.74 Å². The van der Waals surface area contributed by atoms with Crippen molar-refractivity contribution in [1.82, 2.24) is 15.1 Å². The number of hydrogen-bond acceptors (Lipinski definition) is 3. The van der Waals surface area contributed by atoms with Crippen LogP contribution in [0.4, 0.5) is 0 Å². The van der Waals surface area contributed by atoms with E-state index in [0.717, 1.165) is 35.2 Å². The Labute approximate surface area is 124 Å². The first kappa shape index (κ1) is 15.0. The smallest absolute Gasteiger partial charge is 0.0900 e. The minimum atomic E-state index is 0.400. The molecule has 19 heavy (non-hydrogen) atoms. The third kappa shape index (κ3) is 3.80. The molecule has 0 aromatic carbocycles. The molecule has 0 spiro atoms. The summed E-state index contributed by atoms with van der Waals surface area (Å²) in [7, 11) is 1.97. The Morgan fingerprint density at radius 2 is 2.05 bits per heavy atom. The zero-order valence-electron chi connectivity index (χ0n) is 12.1. The van der Waals surface area contributed by atoms with Gasteiger partial charge in [0.15, 0.2) is 0 Å². The molecule has 1 saturated carbocycles. The molecular weight excluding hydrogens is 306 g/mol. The molecule has 1 aliphatic rings. The molecule has 108 valence electrons. The largest absolute Gasteiger partial charge is 0.372 e. The molecule has 0 saturated heterocycles. The van der Waals surface area contributed by atoms with E-state index in [0.29, 0.717) is 18.8 Å². The van der Waals surface area contributed by atoms with Gasteiger partial charge in [-0.15, -0.1) is 0 Å². The first-order valence-electron chi connectivity index (χ1n) is 7.14. The summed E-state index contributed by atoms with van der Waals surface area (Å²) in [6.45, 7) is 5.89. The zero-order chi connectivity index (χ0) is 13.8. The van der Waals surface area contributed by atoms with Crippen LogP contribution < -0.4 is 5.32 Å². The predicted molar refractivity (Wildman–Crippen MR) is 80.2 cm³/mol. The number of aromatic nitrogens is 2. The molecule has 1 aromatic heterocycles. The molecule has 1 heterocycles. The van der Waals surface area contributed by atoms with Gasteiger partial charge in [0.2, 0.25) is 0 Å². The number of hydrogen-bond donors (Lipinski definition) is 1. The van der Waals surface area contributed by atoms with E-state index >= 15 is 0 Å². The van der Waals surface area contributed by atoms with Crippen molar-refractivity contribution in [1.29, 1.82) is 0 Å². The van der Waals surface area contributed by atoms with Crippen LogP contribution in [0, 0.1) is 6.92 Å². The van der Waals surface area contributed by atoms with Gasteiger partial charge in [-0.05, 0) is 55.1 Å². The highest BCUT2D eigenvalue weighted by molar-refractivity contribution is 9.10. The van der Waals surface area contributed by atoms with E-state index < -0.39 is 0 Å². The lowest BCUT2D eigenvalue weighted by Crippen LogP contribution is -2.35. The summed E-state index contributed by atoms with van der Waals surface area (Å²) in [6, 6.07) is 0.690. The summed E-state index contributed by atoms with van der Waals surface area (Å²) >= 11 is 3.58. The number of nitrogens with zero attached hydrogens (tertiary/aromatic N) is 2. The van der Waals surface area contributed by atoms with Crippen molar-refractivity contribution >= 4 is 15.9 Å². The molecule has 0 amide bonds. The Balaban J connectivity index is 1.80. The van der Waals surface area contributed by atoms with Crippen LogP contribution in [0.1, 0.15) is 44.0 Å². The van der Waals surface area contributed by atoms with Crippen LogP contribution in [0.15, 0.2) is 4.47 Å². The molecule has 0 bridgehead atoms. The van der Waals surface area contributed by atoms with Gasteiger partial charge in [0.25, 0.3) is 0 Å². The third-order valence-electron chi connectivity index (χ3n) is 3.88. The number of aryl methyl sites for hydroxylation is 2. The summed E-state index contributed by atoms with van der Waals surface area (Å²) in [6.07, 6.45) is 5.17. The highest BCUT2D eigenvalue weighted by atomic mass is 79.9. The van der Waals surface area contributed by atoms with Gasteiger partial charge in [0.05, 0.1) is 28.6 Å². The van der Waals surface area contributed by atoms with E-state index in [-0.39, 0.29) is 0 Å². The van der Waals surface area contributed by atoms with Gasteiger partial charge in [-0.2, -0.15) is 5.10 Å². The monoisotopic (exact) mass is 329 g/mol. The molecule has 0 aliphatic heterocycles. The fourth-order valence-corrected chi connectivity index (χ4v) is 3.21. The number of halogens is 1. The van der Waals surface area contributed by atoms with Crippen LogP contribution in [-0.4, -0.2) is 28.5 Å². The van der Waals surface area contributed by atoms with Gasteiger partial charge >= 0.3 is 0 Å². The van der Waals surface area contributed by atoms with Crippen LogP contribution >= 0.6 is 15.9 Å². The summed E-state index contributed by atoms with van der Waals surface area (Å²) in [5, 5.41) is 7.91. The van der Waals surface area contributed by atoms with Crippen molar-refractivity contribution in [2.75, 3.05) is 6.54 Å². The molecule has 5 heteroatoms. The summed E-state index contributed by atoms with van der Waals surface area (Å²) in [5.74, 6) is 0. The van der Waals surface area contributed by atoms with Crippen LogP contribution in [0.25, 0.3) is 0 Å². The number of rotatable bonds is 5. The maximum atomic E-state index is 6.05. The highest BCUT2D eigenvalue weighted by Gasteiger charge is 2.21. The van der Waals surface area contributed by atoms with Crippen LogP contribution in [0.5, 0.6) is 0 Å². The Kier molecular flexibility index (Phi) is 5.42. The standard InChI is InChI=1S/C14H24BrN3O/c1-4-16-11-5-7-12(8-6-11)19-9-13-14(15)10(2)17-18(13)3/h11-12,16H,4-9H2,1-3H3. The van der Waals surface area contributed by atoms with Gasteiger partial charge < -0.3 is 10.1 Å². The summed E-state index contributed by atoms with van der Waals surface area (Å²) < 4.78 is 9.04. The van der Waals surface area contributed by atoms with Crippen molar-refractivity contribution in [2.45, 2.75) is 58.3 Å². The normalized spacial score (nSPS) is 23.8. The molecule has 1 N–H and O–H groups in total. The average Bonchev–Trinajstić information content (AvgIpc) is 2.64. The fourth-order valence-electron chi connectivity index (χ4n) is 2.76. The maximum absolute atomic E-state index is 6.05. The topological polar surface area (TPSA) is 39.1 Å². The number of ether oxygens (including phenoxy) is 1. The van der Waals surface area contributed by atoms with Crippen molar-refractivity contribution in [2.24, 2.45) is 7.05 Å². The minimum absolute atomic E-state index is 0.400. The molecule has 0 unspecified atom stereocenters. The van der Waals surface area contributed by atoms with E-state index in [1.54, 1.807) is 0 Å². The van der Waals surface area contributed by atoms with Crippen molar-refractivity contribution in [3.05, 3.63) is 15.9 Å². The van der Waals surface area contributed by atoms with Crippen LogP contribution in [0.3, 0.4) is 0 Å². The Morgan fingerprint density at radius 1 is 1.37 bits per heavy atom. The second-order valence-electron chi connectivity index (χ2n) is 5.31. The first-order chi connectivity index (χ1) is 9.11. The van der Waals surface area contributed by atoms with Crippen LogP contribution in [-0.2, 0) is 18.4 Å². The lowest BCUT2D eigenvalue weighted by molar-refractivity contribution is 0.00837. The predicted octanol–water partition coefficient (Wildman–Crippen LogP) is 2.93. The molecule has 0 radical (unpaired) electrons. The second-order valence-corrected chi connectivity index (χ2v) is 6.11. The van der Waals surface area contributed by atoms with Crippen molar-refractivity contribution in [3.8, 4) is 0 Å². The molecule has 1 aliphatic carbocycles. The third-order valence-corrected chi connectivity index (χ3v) is 4.92. The SMILES string of the molecule is CCNC1CCC(OCc2c(Br)c(C)nn2C)CC1. The maximum Gasteiger partial charge on any atom is 0.0900 e. The van der Waals surface area contributed by atoms with Gasteiger partial charge in [-0.3, -0.25) is 4.68 Å². The quantitative estimate of drug-likeness (QED) is 0.902. The lowest BCUT2D eigenvalue weighted by Gasteiger charge is -2.29. The molecule has 1 fully saturated rings. The average molecular weight is 330 g/mol. The minimum Gasteiger partial charge on any atom is -0.372 e. The second kappa shape index (κ2) is 6.86. The number of nitrogens with one attached hydrogen (secondary N) is 1. The molecular formula is C14H24BrN3O. The van der Waals surface area contributed by atoms with Gasteiger partial charge in [0.1, 0.15) is 0 Å². The Morgan fingerprint density at radius 3 is 2.58 bits per heavy atom. The van der Waals surface area contributed by atoms with E-state index in [1.807, 2.05) is 18.7 Å². The molecule has 1 aromatic rings. The Bertz CT molecular complexity index is 411. The Hall–Kier alpha value is -0.390. The van der Waals surface area contributed by atoms with Gasteiger partial charge in [0, 0.05) is 13.1 Å². The van der Waals surface area contributed by atoms with Gasteiger partial charge in [-0.25, -0.2) is 0 Å². The molecule has 4 nitrogen and oxygen atoms in total. The lowest BCUT2D eigenvalue weighted by atomic mass is 9.93. The van der Waals surface area contributed by atoms with Gasteiger partial charge in [-0.1, -0.05) is 6.92 Å². The van der Waals surface area contributed by atoms with E-state index in [1.165, 1.54) is 12.8 Å². The van der Waals surface area contributed by atoms with Crippen LogP contribution in [0.2, 0.25) is 0 Å². The first-order valence-corrected chi connectivity index (χ1v) is 7.94. The molecule has 2 rings (SSSR count). The zero-order valence-corrected chi connectivity index (χ0v) is 13.7.